The standard InChI is InChI=1S/C6H10BrClO6/c7-5(1-9)6(8,13)3(11)2(10)4(12)14-5/h2-4,9-13H,1H2/t2-,3-,4?,5-,6-/m1/s1. The minimum Gasteiger partial charge on any atom is -0.392 e. The highest BCUT2D eigenvalue weighted by Crippen LogP contribution is 2.44. The Morgan fingerprint density at radius 3 is 2.29 bits per heavy atom. The summed E-state index contributed by atoms with van der Waals surface area (Å²) in [5.74, 6) is 0. The van der Waals surface area contributed by atoms with Crippen LogP contribution in [0.15, 0.2) is 0 Å². The van der Waals surface area contributed by atoms with Gasteiger partial charge in [-0.3, -0.25) is 0 Å². The zero-order valence-corrected chi connectivity index (χ0v) is 9.18. The molecule has 0 amide bonds. The van der Waals surface area contributed by atoms with Crippen molar-refractivity contribution in [1.82, 2.24) is 0 Å². The van der Waals surface area contributed by atoms with Gasteiger partial charge in [0, 0.05) is 0 Å². The average molecular weight is 293 g/mol. The molecule has 84 valence electrons. The molecule has 0 aromatic heterocycles. The average Bonchev–Trinajstić information content (AvgIpc) is 2.12. The molecule has 5 N–H and O–H groups in total. The minimum absolute atomic E-state index is 0.798. The van der Waals surface area contributed by atoms with E-state index in [9.17, 15) is 10.2 Å². The van der Waals surface area contributed by atoms with Crippen LogP contribution in [-0.2, 0) is 4.74 Å². The van der Waals surface area contributed by atoms with Crippen molar-refractivity contribution in [3.05, 3.63) is 0 Å². The lowest BCUT2D eigenvalue weighted by atomic mass is 9.98. The lowest BCUT2D eigenvalue weighted by molar-refractivity contribution is -0.308. The monoisotopic (exact) mass is 292 g/mol. The van der Waals surface area contributed by atoms with Crippen LogP contribution in [0.3, 0.4) is 0 Å². The number of hydrogen-bond acceptors (Lipinski definition) is 6. The fourth-order valence-corrected chi connectivity index (χ4v) is 1.75. The largest absolute Gasteiger partial charge is 0.392 e. The molecule has 1 heterocycles. The van der Waals surface area contributed by atoms with E-state index in [0.717, 1.165) is 0 Å². The molecule has 1 fully saturated rings. The van der Waals surface area contributed by atoms with E-state index in [2.05, 4.69) is 20.7 Å². The molecule has 8 heteroatoms. The molecule has 1 aliphatic heterocycles. The molecule has 0 saturated carbocycles. The van der Waals surface area contributed by atoms with Crippen LogP contribution in [0.5, 0.6) is 0 Å². The van der Waals surface area contributed by atoms with Gasteiger partial charge in [-0.05, 0) is 15.9 Å². The van der Waals surface area contributed by atoms with Crippen molar-refractivity contribution in [3.63, 3.8) is 0 Å². The fraction of sp³-hybridized carbons (Fsp3) is 1.00. The van der Waals surface area contributed by atoms with Crippen molar-refractivity contribution in [2.24, 2.45) is 0 Å². The van der Waals surface area contributed by atoms with Gasteiger partial charge >= 0.3 is 0 Å². The molecule has 1 rings (SSSR count). The second-order valence-electron chi connectivity index (χ2n) is 3.00. The van der Waals surface area contributed by atoms with Crippen LogP contribution in [-0.4, -0.2) is 60.2 Å². The fourth-order valence-electron chi connectivity index (χ4n) is 1.09. The quantitative estimate of drug-likeness (QED) is 0.360. The first kappa shape index (κ1) is 12.6. The van der Waals surface area contributed by atoms with Crippen LogP contribution in [0.25, 0.3) is 0 Å². The molecular formula is C6H10BrClO6. The topological polar surface area (TPSA) is 110 Å². The Hall–Kier alpha value is 0.530. The first-order valence-corrected chi connectivity index (χ1v) is 4.86. The molecule has 6 nitrogen and oxygen atoms in total. The van der Waals surface area contributed by atoms with E-state index in [4.69, 9.17) is 26.9 Å². The van der Waals surface area contributed by atoms with Gasteiger partial charge in [-0.25, -0.2) is 0 Å². The van der Waals surface area contributed by atoms with E-state index in [1.807, 2.05) is 0 Å². The van der Waals surface area contributed by atoms with Crippen LogP contribution in [0.2, 0.25) is 0 Å². The van der Waals surface area contributed by atoms with Crippen LogP contribution in [0.4, 0.5) is 0 Å². The second-order valence-corrected chi connectivity index (χ2v) is 4.86. The van der Waals surface area contributed by atoms with Crippen LogP contribution in [0, 0.1) is 0 Å². The van der Waals surface area contributed by atoms with Crippen LogP contribution in [0.1, 0.15) is 0 Å². The molecule has 0 aromatic carbocycles. The van der Waals surface area contributed by atoms with Crippen LogP contribution < -0.4 is 0 Å². The molecule has 0 bridgehead atoms. The van der Waals surface area contributed by atoms with Gasteiger partial charge in [0.1, 0.15) is 12.2 Å². The second kappa shape index (κ2) is 3.84. The Kier molecular flexibility index (Phi) is 3.45. The molecule has 1 unspecified atom stereocenters. The van der Waals surface area contributed by atoms with E-state index in [1.165, 1.54) is 0 Å². The highest BCUT2D eigenvalue weighted by atomic mass is 79.9. The summed E-state index contributed by atoms with van der Waals surface area (Å²) in [7, 11) is 0. The van der Waals surface area contributed by atoms with E-state index in [-0.39, 0.29) is 0 Å². The summed E-state index contributed by atoms with van der Waals surface area (Å²) in [5.41, 5.74) is 0. The predicted octanol–water partition coefficient (Wildman–Crippen LogP) is -1.93. The Labute approximate surface area is 92.8 Å². The van der Waals surface area contributed by atoms with Gasteiger partial charge in [0.2, 0.25) is 5.06 Å². The number of aliphatic hydroxyl groups is 5. The van der Waals surface area contributed by atoms with E-state index < -0.39 is 34.7 Å². The number of halogens is 2. The van der Waals surface area contributed by atoms with Crippen molar-refractivity contribution >= 4 is 27.5 Å². The summed E-state index contributed by atoms with van der Waals surface area (Å²) in [6.45, 7) is -0.798. The number of aliphatic hydroxyl groups excluding tert-OH is 4. The lowest BCUT2D eigenvalue weighted by Crippen LogP contribution is -2.68. The predicted molar refractivity (Wildman–Crippen MR) is 48.7 cm³/mol. The maximum Gasteiger partial charge on any atom is 0.209 e. The van der Waals surface area contributed by atoms with Gasteiger partial charge in [-0.15, -0.1) is 0 Å². The zero-order chi connectivity index (χ0) is 11.1. The van der Waals surface area contributed by atoms with Crippen molar-refractivity contribution in [2.45, 2.75) is 28.1 Å². The third-order valence-electron chi connectivity index (χ3n) is 2.04. The van der Waals surface area contributed by atoms with Gasteiger partial charge in [-0.1, -0.05) is 11.6 Å². The maximum absolute atomic E-state index is 9.56. The normalized spacial score (nSPS) is 54.6. The van der Waals surface area contributed by atoms with Crippen LogP contribution >= 0.6 is 27.5 Å². The summed E-state index contributed by atoms with van der Waals surface area (Å²) >= 11 is 8.23. The van der Waals surface area contributed by atoms with E-state index >= 15 is 0 Å². The number of hydrogen-bond donors (Lipinski definition) is 5. The first-order valence-electron chi connectivity index (χ1n) is 3.69. The molecule has 0 radical (unpaired) electrons. The molecule has 1 aliphatic rings. The minimum atomic E-state index is -2.44. The van der Waals surface area contributed by atoms with Gasteiger partial charge in [0.15, 0.2) is 10.8 Å². The van der Waals surface area contributed by atoms with Crippen molar-refractivity contribution in [1.29, 1.82) is 0 Å². The molecule has 0 spiro atoms. The van der Waals surface area contributed by atoms with Gasteiger partial charge in [0.25, 0.3) is 0 Å². The molecule has 0 aromatic rings. The summed E-state index contributed by atoms with van der Waals surface area (Å²) < 4.78 is 2.72. The lowest BCUT2D eigenvalue weighted by Gasteiger charge is -2.47. The zero-order valence-electron chi connectivity index (χ0n) is 6.84. The van der Waals surface area contributed by atoms with Gasteiger partial charge < -0.3 is 30.3 Å². The highest BCUT2D eigenvalue weighted by Gasteiger charge is 2.62. The first-order chi connectivity index (χ1) is 6.26. The third-order valence-corrected chi connectivity index (χ3v) is 3.84. The summed E-state index contributed by atoms with van der Waals surface area (Å²) in [5, 5.41) is 43.6. The van der Waals surface area contributed by atoms with Crippen molar-refractivity contribution in [2.75, 3.05) is 6.61 Å². The smallest absolute Gasteiger partial charge is 0.209 e. The molecule has 5 atom stereocenters. The van der Waals surface area contributed by atoms with Crippen molar-refractivity contribution in [3.8, 4) is 0 Å². The molecule has 0 aliphatic carbocycles. The number of alkyl halides is 2. The van der Waals surface area contributed by atoms with Gasteiger partial charge in [0.05, 0.1) is 6.61 Å². The van der Waals surface area contributed by atoms with E-state index in [1.54, 1.807) is 0 Å². The Balaban J connectivity index is 3.01. The summed E-state index contributed by atoms with van der Waals surface area (Å²) in [6, 6.07) is 0. The van der Waals surface area contributed by atoms with Gasteiger partial charge in [-0.2, -0.15) is 0 Å². The highest BCUT2D eigenvalue weighted by molar-refractivity contribution is 9.10. The SMILES string of the molecule is OC[C@@]1(Br)OC(O)[C@H](O)[C@@H](O)[C@]1(O)Cl. The summed E-state index contributed by atoms with van der Waals surface area (Å²) in [6.07, 6.45) is -5.37. The summed E-state index contributed by atoms with van der Waals surface area (Å²) in [4.78, 5) is 0. The molecular weight excluding hydrogens is 283 g/mol. The number of ether oxygens (including phenoxy) is 1. The van der Waals surface area contributed by atoms with E-state index in [0.29, 0.717) is 0 Å². The molecule has 14 heavy (non-hydrogen) atoms. The maximum atomic E-state index is 9.56. The third kappa shape index (κ3) is 1.68. The Morgan fingerprint density at radius 1 is 1.36 bits per heavy atom. The Bertz CT molecular complexity index is 224. The van der Waals surface area contributed by atoms with Crippen molar-refractivity contribution < 1.29 is 30.3 Å². The molecule has 1 saturated heterocycles. The number of rotatable bonds is 1. The Morgan fingerprint density at radius 2 is 1.86 bits per heavy atom.